The maximum absolute atomic E-state index is 10.8. The van der Waals surface area contributed by atoms with Crippen LogP contribution in [0.25, 0.3) is 0 Å². The molecule has 0 aliphatic rings. The number of rotatable bonds is 5. The van der Waals surface area contributed by atoms with E-state index in [9.17, 15) is 9.90 Å². The number of carbonyl (C=O) groups excluding carboxylic acids is 1. The fraction of sp³-hybridized carbons (Fsp3) is 0.250. The van der Waals surface area contributed by atoms with Crippen molar-refractivity contribution in [3.8, 4) is 11.5 Å². The molecule has 0 unspecified atom stereocenters. The topological polar surface area (TPSA) is 58.6 Å². The normalized spacial score (nSPS) is 9.62. The lowest BCUT2D eigenvalue weighted by Crippen LogP contribution is -2.22. The van der Waals surface area contributed by atoms with Crippen molar-refractivity contribution in [2.45, 2.75) is 6.42 Å². The van der Waals surface area contributed by atoms with Gasteiger partial charge in [-0.05, 0) is 18.6 Å². The molecule has 1 aromatic rings. The number of hydrogen-bond acceptors (Lipinski definition) is 4. The zero-order chi connectivity index (χ0) is 12.1. The Labute approximate surface area is 94.1 Å². The number of carboxylic acids is 1. The standard InChI is InChI=1S/C12H14O4/c1-4-5-8-6-9(12(13)14)7-10(15-2)11(8)16-3/h4,6-7H,1,5H2,2-3H3,(H,13,14)/p-1. The van der Waals surface area contributed by atoms with Crippen molar-refractivity contribution in [2.24, 2.45) is 0 Å². The summed E-state index contributed by atoms with van der Waals surface area (Å²) in [6.07, 6.45) is 2.16. The molecule has 0 amide bonds. The lowest BCUT2D eigenvalue weighted by atomic mass is 10.1. The van der Waals surface area contributed by atoms with E-state index >= 15 is 0 Å². The second-order valence-corrected chi connectivity index (χ2v) is 3.15. The molecule has 1 rings (SSSR count). The first-order valence-corrected chi connectivity index (χ1v) is 4.71. The lowest BCUT2D eigenvalue weighted by molar-refractivity contribution is -0.255. The molecule has 86 valence electrons. The van der Waals surface area contributed by atoms with Gasteiger partial charge >= 0.3 is 0 Å². The van der Waals surface area contributed by atoms with Crippen LogP contribution < -0.4 is 14.6 Å². The summed E-state index contributed by atoms with van der Waals surface area (Å²) in [6, 6.07) is 2.87. The number of aromatic carboxylic acids is 1. The van der Waals surface area contributed by atoms with Gasteiger partial charge in [0.05, 0.1) is 20.2 Å². The van der Waals surface area contributed by atoms with E-state index < -0.39 is 5.97 Å². The molecule has 0 N–H and O–H groups in total. The van der Waals surface area contributed by atoms with Crippen LogP contribution in [0.2, 0.25) is 0 Å². The van der Waals surface area contributed by atoms with Gasteiger partial charge < -0.3 is 19.4 Å². The van der Waals surface area contributed by atoms with Crippen LogP contribution in [-0.4, -0.2) is 20.2 Å². The summed E-state index contributed by atoms with van der Waals surface area (Å²) in [7, 11) is 2.96. The zero-order valence-corrected chi connectivity index (χ0v) is 9.28. The predicted octanol–water partition coefficient (Wildman–Crippen LogP) is 0.796. The van der Waals surface area contributed by atoms with Gasteiger partial charge in [-0.2, -0.15) is 0 Å². The summed E-state index contributed by atoms with van der Waals surface area (Å²) < 4.78 is 10.2. The fourth-order valence-corrected chi connectivity index (χ4v) is 1.47. The van der Waals surface area contributed by atoms with Crippen LogP contribution in [0.5, 0.6) is 11.5 Å². The van der Waals surface area contributed by atoms with E-state index in [4.69, 9.17) is 9.47 Å². The quantitative estimate of drug-likeness (QED) is 0.690. The average molecular weight is 221 g/mol. The van der Waals surface area contributed by atoms with Gasteiger partial charge in [-0.1, -0.05) is 6.08 Å². The molecule has 4 heteroatoms. The molecule has 1 aromatic carbocycles. The Balaban J connectivity index is 3.36. The summed E-state index contributed by atoms with van der Waals surface area (Å²) in [5.74, 6) is -0.347. The highest BCUT2D eigenvalue weighted by molar-refractivity contribution is 5.87. The Kier molecular flexibility index (Phi) is 3.94. The summed E-state index contributed by atoms with van der Waals surface area (Å²) in [5.41, 5.74) is 0.769. The first-order valence-electron chi connectivity index (χ1n) is 4.71. The number of carboxylic acid groups (broad SMARTS) is 1. The van der Waals surface area contributed by atoms with E-state index in [2.05, 4.69) is 6.58 Å². The molecule has 0 saturated heterocycles. The van der Waals surface area contributed by atoms with Crippen LogP contribution >= 0.6 is 0 Å². The molecule has 0 atom stereocenters. The molecule has 0 radical (unpaired) electrons. The third kappa shape index (κ3) is 2.34. The van der Waals surface area contributed by atoms with Crippen molar-refractivity contribution in [1.29, 1.82) is 0 Å². The van der Waals surface area contributed by atoms with Gasteiger partial charge in [-0.25, -0.2) is 0 Å². The van der Waals surface area contributed by atoms with Crippen molar-refractivity contribution >= 4 is 5.97 Å². The largest absolute Gasteiger partial charge is 0.545 e. The van der Waals surface area contributed by atoms with E-state index in [1.54, 1.807) is 6.08 Å². The Morgan fingerprint density at radius 3 is 2.56 bits per heavy atom. The first-order chi connectivity index (χ1) is 7.63. The Morgan fingerprint density at radius 2 is 2.12 bits per heavy atom. The number of carbonyl (C=O) groups is 1. The molecule has 0 fully saturated rings. The molecular formula is C12H13O4-. The highest BCUT2D eigenvalue weighted by Crippen LogP contribution is 2.32. The van der Waals surface area contributed by atoms with E-state index in [1.807, 2.05) is 0 Å². The number of methoxy groups -OCH3 is 2. The number of benzene rings is 1. The molecule has 16 heavy (non-hydrogen) atoms. The molecule has 0 spiro atoms. The SMILES string of the molecule is C=CCc1cc(C(=O)[O-])cc(OC)c1OC. The van der Waals surface area contributed by atoms with Gasteiger partial charge in [0.15, 0.2) is 11.5 Å². The van der Waals surface area contributed by atoms with Crippen LogP contribution in [0.3, 0.4) is 0 Å². The second-order valence-electron chi connectivity index (χ2n) is 3.15. The van der Waals surface area contributed by atoms with Gasteiger partial charge in [0.2, 0.25) is 0 Å². The van der Waals surface area contributed by atoms with E-state index in [1.165, 1.54) is 26.4 Å². The van der Waals surface area contributed by atoms with Crippen LogP contribution in [0.15, 0.2) is 24.8 Å². The van der Waals surface area contributed by atoms with Crippen molar-refractivity contribution in [2.75, 3.05) is 14.2 Å². The van der Waals surface area contributed by atoms with Crippen molar-refractivity contribution in [1.82, 2.24) is 0 Å². The first kappa shape index (κ1) is 12.1. The summed E-state index contributed by atoms with van der Waals surface area (Å²) in [6.45, 7) is 3.60. The van der Waals surface area contributed by atoms with Gasteiger partial charge in [-0.3, -0.25) is 0 Å². The second kappa shape index (κ2) is 5.21. The van der Waals surface area contributed by atoms with Crippen molar-refractivity contribution in [3.63, 3.8) is 0 Å². The molecular weight excluding hydrogens is 208 g/mol. The zero-order valence-electron chi connectivity index (χ0n) is 9.28. The van der Waals surface area contributed by atoms with Gasteiger partial charge in [0.25, 0.3) is 0 Å². The molecule has 0 saturated carbocycles. The third-order valence-corrected chi connectivity index (χ3v) is 2.16. The van der Waals surface area contributed by atoms with E-state index in [-0.39, 0.29) is 5.56 Å². The fourth-order valence-electron chi connectivity index (χ4n) is 1.47. The maximum atomic E-state index is 10.8. The minimum atomic E-state index is -1.24. The van der Waals surface area contributed by atoms with Crippen LogP contribution in [0.4, 0.5) is 0 Å². The molecule has 0 heterocycles. The molecule has 4 nitrogen and oxygen atoms in total. The summed E-state index contributed by atoms with van der Waals surface area (Å²) in [4.78, 5) is 10.8. The number of allylic oxidation sites excluding steroid dienone is 1. The minimum absolute atomic E-state index is 0.0644. The monoisotopic (exact) mass is 221 g/mol. The lowest BCUT2D eigenvalue weighted by Gasteiger charge is -2.14. The van der Waals surface area contributed by atoms with Crippen molar-refractivity contribution < 1.29 is 19.4 Å². The molecule has 0 aliphatic heterocycles. The highest BCUT2D eigenvalue weighted by Gasteiger charge is 2.11. The smallest absolute Gasteiger partial charge is 0.164 e. The summed E-state index contributed by atoms with van der Waals surface area (Å²) >= 11 is 0. The van der Waals surface area contributed by atoms with E-state index in [0.717, 1.165) is 0 Å². The van der Waals surface area contributed by atoms with Crippen LogP contribution in [-0.2, 0) is 6.42 Å². The number of ether oxygens (including phenoxy) is 2. The Hall–Kier alpha value is -1.97. The Bertz CT molecular complexity index is 410. The van der Waals surface area contributed by atoms with Crippen LogP contribution in [0, 0.1) is 0 Å². The van der Waals surface area contributed by atoms with Crippen molar-refractivity contribution in [3.05, 3.63) is 35.9 Å². The molecule has 0 aliphatic carbocycles. The van der Waals surface area contributed by atoms with Gasteiger partial charge in [0.1, 0.15) is 0 Å². The van der Waals surface area contributed by atoms with Crippen LogP contribution in [0.1, 0.15) is 15.9 Å². The average Bonchev–Trinajstić information content (AvgIpc) is 2.28. The van der Waals surface area contributed by atoms with Gasteiger partial charge in [0, 0.05) is 11.1 Å². The maximum Gasteiger partial charge on any atom is 0.164 e. The summed E-state index contributed by atoms with van der Waals surface area (Å²) in [5, 5.41) is 10.8. The molecule has 0 aromatic heterocycles. The van der Waals surface area contributed by atoms with Gasteiger partial charge in [-0.15, -0.1) is 6.58 Å². The number of hydrogen-bond donors (Lipinski definition) is 0. The Morgan fingerprint density at radius 1 is 1.44 bits per heavy atom. The minimum Gasteiger partial charge on any atom is -0.545 e. The third-order valence-electron chi connectivity index (χ3n) is 2.16. The highest BCUT2D eigenvalue weighted by atomic mass is 16.5. The predicted molar refractivity (Wildman–Crippen MR) is 57.8 cm³/mol. The van der Waals surface area contributed by atoms with E-state index in [0.29, 0.717) is 23.5 Å². The molecule has 0 bridgehead atoms.